The van der Waals surface area contributed by atoms with E-state index in [4.69, 9.17) is 4.52 Å². The topological polar surface area (TPSA) is 98.2 Å². The van der Waals surface area contributed by atoms with Gasteiger partial charge in [-0.3, -0.25) is 4.90 Å². The Labute approximate surface area is 153 Å². The second kappa shape index (κ2) is 7.44. The highest BCUT2D eigenvalue weighted by Gasteiger charge is 2.29. The molecule has 0 aromatic carbocycles. The molecule has 0 spiro atoms. The number of nitrogens with zero attached hydrogens (tertiary/aromatic N) is 4. The number of hydrogen-bond donors (Lipinski definition) is 2. The Morgan fingerprint density at radius 2 is 2.15 bits per heavy atom. The molecular weight excluding hydrogens is 330 g/mol. The van der Waals surface area contributed by atoms with Crippen LogP contribution < -0.4 is 5.32 Å². The lowest BCUT2D eigenvalue weighted by molar-refractivity contribution is 0.0557. The van der Waals surface area contributed by atoms with E-state index in [2.05, 4.69) is 26.4 Å². The molecule has 0 aliphatic carbocycles. The number of likely N-dealkylation sites (tertiary alicyclic amines) is 1. The van der Waals surface area contributed by atoms with Crippen molar-refractivity contribution in [2.75, 3.05) is 18.4 Å². The average Bonchev–Trinajstić information content (AvgIpc) is 2.89. The Morgan fingerprint density at radius 1 is 1.38 bits per heavy atom. The predicted molar refractivity (Wildman–Crippen MR) is 97.7 cm³/mol. The van der Waals surface area contributed by atoms with E-state index in [0.29, 0.717) is 17.9 Å². The fourth-order valence-corrected chi connectivity index (χ4v) is 3.52. The van der Waals surface area contributed by atoms with Crippen LogP contribution in [0.1, 0.15) is 40.3 Å². The van der Waals surface area contributed by atoms with E-state index in [1.165, 1.54) is 0 Å². The van der Waals surface area contributed by atoms with Crippen molar-refractivity contribution < 1.29 is 9.63 Å². The van der Waals surface area contributed by atoms with Crippen LogP contribution in [0, 0.1) is 39.0 Å². The van der Waals surface area contributed by atoms with Gasteiger partial charge in [-0.15, -0.1) is 0 Å². The summed E-state index contributed by atoms with van der Waals surface area (Å²) in [5, 5.41) is 27.3. The number of aliphatic hydroxyl groups excluding tert-OH is 1. The number of aryl methyl sites for hydroxylation is 4. The molecule has 1 aliphatic rings. The van der Waals surface area contributed by atoms with Gasteiger partial charge in [0, 0.05) is 30.9 Å². The van der Waals surface area contributed by atoms with Crippen LogP contribution in [0.25, 0.3) is 0 Å². The monoisotopic (exact) mass is 355 g/mol. The lowest BCUT2D eigenvalue weighted by atomic mass is 10.00. The molecule has 7 nitrogen and oxygen atoms in total. The van der Waals surface area contributed by atoms with Crippen LogP contribution in [0.3, 0.4) is 0 Å². The van der Waals surface area contributed by atoms with Gasteiger partial charge in [0.25, 0.3) is 0 Å². The van der Waals surface area contributed by atoms with Gasteiger partial charge < -0.3 is 14.9 Å². The highest BCUT2D eigenvalue weighted by molar-refractivity contribution is 5.57. The number of nitriles is 1. The van der Waals surface area contributed by atoms with E-state index in [0.717, 1.165) is 47.8 Å². The van der Waals surface area contributed by atoms with E-state index in [1.807, 2.05) is 33.8 Å². The van der Waals surface area contributed by atoms with Crippen molar-refractivity contribution in [2.24, 2.45) is 0 Å². The zero-order chi connectivity index (χ0) is 18.8. The number of aromatic nitrogens is 2. The minimum absolute atomic E-state index is 0.128. The maximum atomic E-state index is 10.6. The van der Waals surface area contributed by atoms with Crippen LogP contribution in [0.2, 0.25) is 0 Å². The molecule has 0 unspecified atom stereocenters. The molecule has 0 radical (unpaired) electrons. The predicted octanol–water partition coefficient (Wildman–Crippen LogP) is 2.22. The van der Waals surface area contributed by atoms with Crippen molar-refractivity contribution in [1.82, 2.24) is 15.0 Å². The molecule has 138 valence electrons. The van der Waals surface area contributed by atoms with Gasteiger partial charge in [0.05, 0.1) is 23.4 Å². The van der Waals surface area contributed by atoms with Crippen LogP contribution >= 0.6 is 0 Å². The summed E-state index contributed by atoms with van der Waals surface area (Å²) in [5.41, 5.74) is 4.28. The van der Waals surface area contributed by atoms with Crippen LogP contribution in [-0.4, -0.2) is 45.4 Å². The van der Waals surface area contributed by atoms with Gasteiger partial charge in [-0.1, -0.05) is 5.16 Å². The van der Waals surface area contributed by atoms with Gasteiger partial charge in [0.1, 0.15) is 17.6 Å². The maximum absolute atomic E-state index is 10.6. The second-order valence-corrected chi connectivity index (χ2v) is 7.06. The van der Waals surface area contributed by atoms with Crippen molar-refractivity contribution in [2.45, 2.75) is 52.8 Å². The molecule has 3 heterocycles. The number of aliphatic hydroxyl groups is 1. The van der Waals surface area contributed by atoms with Crippen molar-refractivity contribution in [3.05, 3.63) is 39.9 Å². The highest BCUT2D eigenvalue weighted by Crippen LogP contribution is 2.23. The van der Waals surface area contributed by atoms with Gasteiger partial charge in [0.15, 0.2) is 0 Å². The number of β-amino-alcohol motifs (C(OH)–C–C–N with tert-alkyl or cyclic N) is 1. The summed E-state index contributed by atoms with van der Waals surface area (Å²) < 4.78 is 5.22. The Morgan fingerprint density at radius 3 is 2.77 bits per heavy atom. The average molecular weight is 355 g/mol. The summed E-state index contributed by atoms with van der Waals surface area (Å²) in [5.74, 6) is 1.39. The van der Waals surface area contributed by atoms with Gasteiger partial charge in [-0.25, -0.2) is 4.98 Å². The second-order valence-electron chi connectivity index (χ2n) is 7.06. The quantitative estimate of drug-likeness (QED) is 0.867. The van der Waals surface area contributed by atoms with E-state index < -0.39 is 6.10 Å². The molecule has 26 heavy (non-hydrogen) atoms. The van der Waals surface area contributed by atoms with Crippen molar-refractivity contribution in [3.63, 3.8) is 0 Å². The summed E-state index contributed by atoms with van der Waals surface area (Å²) >= 11 is 0. The van der Waals surface area contributed by atoms with Crippen molar-refractivity contribution >= 4 is 5.82 Å². The molecule has 2 atom stereocenters. The first kappa shape index (κ1) is 18.4. The lowest BCUT2D eigenvalue weighted by Crippen LogP contribution is -2.49. The summed E-state index contributed by atoms with van der Waals surface area (Å²) in [6.07, 6.45) is 0.225. The fraction of sp³-hybridized carbons (Fsp3) is 0.526. The summed E-state index contributed by atoms with van der Waals surface area (Å²) in [6.45, 7) is 9.76. The molecule has 1 saturated heterocycles. The van der Waals surface area contributed by atoms with E-state index in [-0.39, 0.29) is 6.04 Å². The Kier molecular flexibility index (Phi) is 5.25. The maximum Gasteiger partial charge on any atom is 0.144 e. The minimum atomic E-state index is -0.543. The molecule has 2 N–H and O–H groups in total. The zero-order valence-corrected chi connectivity index (χ0v) is 15.7. The smallest absolute Gasteiger partial charge is 0.144 e. The molecule has 7 heteroatoms. The number of anilines is 1. The minimum Gasteiger partial charge on any atom is -0.390 e. The molecule has 2 aromatic heterocycles. The van der Waals surface area contributed by atoms with Crippen molar-refractivity contribution in [1.29, 1.82) is 5.26 Å². The van der Waals surface area contributed by atoms with Gasteiger partial charge in [-0.05, 0) is 45.7 Å². The van der Waals surface area contributed by atoms with Crippen LogP contribution in [0.4, 0.5) is 5.82 Å². The van der Waals surface area contributed by atoms with Gasteiger partial charge >= 0.3 is 0 Å². The molecule has 0 amide bonds. The first-order chi connectivity index (χ1) is 12.4. The van der Waals surface area contributed by atoms with E-state index in [1.54, 1.807) is 0 Å². The number of nitrogens with one attached hydrogen (secondary N) is 1. The summed E-state index contributed by atoms with van der Waals surface area (Å²) in [4.78, 5) is 6.66. The molecule has 0 saturated carbocycles. The molecular formula is C19H25N5O2. The Balaban J connectivity index is 1.68. The SMILES string of the molecule is Cc1cc(C)c(C#N)c(N[C@@H]2CCN(Cc3c(C)noc3C)C[C@H]2O)n1. The van der Waals surface area contributed by atoms with E-state index in [9.17, 15) is 10.4 Å². The number of hydrogen-bond acceptors (Lipinski definition) is 7. The third-order valence-corrected chi connectivity index (χ3v) is 5.01. The molecule has 1 fully saturated rings. The lowest BCUT2D eigenvalue weighted by Gasteiger charge is -2.36. The van der Waals surface area contributed by atoms with Crippen LogP contribution in [0.5, 0.6) is 0 Å². The van der Waals surface area contributed by atoms with Gasteiger partial charge in [0.2, 0.25) is 0 Å². The fourth-order valence-electron chi connectivity index (χ4n) is 3.52. The van der Waals surface area contributed by atoms with Crippen molar-refractivity contribution in [3.8, 4) is 6.07 Å². The molecule has 1 aliphatic heterocycles. The van der Waals surface area contributed by atoms with Gasteiger partial charge in [-0.2, -0.15) is 5.26 Å². The zero-order valence-electron chi connectivity index (χ0n) is 15.7. The largest absolute Gasteiger partial charge is 0.390 e. The highest BCUT2D eigenvalue weighted by atomic mass is 16.5. The number of rotatable bonds is 4. The van der Waals surface area contributed by atoms with Crippen LogP contribution in [0.15, 0.2) is 10.6 Å². The normalized spacial score (nSPS) is 20.8. The summed E-state index contributed by atoms with van der Waals surface area (Å²) in [7, 11) is 0. The summed E-state index contributed by atoms with van der Waals surface area (Å²) in [6, 6.07) is 3.98. The molecule has 3 rings (SSSR count). The molecule has 0 bridgehead atoms. The Bertz CT molecular complexity index is 820. The standard InChI is InChI=1S/C19H25N5O2/c1-11-7-12(2)21-19(15(11)8-20)22-17-5-6-24(10-18(17)25)9-16-13(3)23-26-14(16)4/h7,17-18,25H,5-6,9-10H2,1-4H3,(H,21,22)/t17-,18-/m1/s1. The first-order valence-electron chi connectivity index (χ1n) is 8.86. The number of piperidine rings is 1. The Hall–Kier alpha value is -2.43. The third kappa shape index (κ3) is 3.71. The van der Waals surface area contributed by atoms with E-state index >= 15 is 0 Å². The molecule has 2 aromatic rings. The first-order valence-corrected chi connectivity index (χ1v) is 8.86. The third-order valence-electron chi connectivity index (χ3n) is 5.01. The number of pyridine rings is 1. The van der Waals surface area contributed by atoms with Crippen LogP contribution in [-0.2, 0) is 6.54 Å².